The van der Waals surface area contributed by atoms with E-state index in [-0.39, 0.29) is 10.8 Å². The minimum atomic E-state index is -3.78. The Bertz CT molecular complexity index is 1020. The Balaban J connectivity index is 1.85. The van der Waals surface area contributed by atoms with Crippen LogP contribution < -0.4 is 4.31 Å². The lowest BCUT2D eigenvalue weighted by molar-refractivity contribution is 0.0775. The van der Waals surface area contributed by atoms with Gasteiger partial charge in [0.1, 0.15) is 5.76 Å². The van der Waals surface area contributed by atoms with Crippen molar-refractivity contribution in [3.05, 3.63) is 84.3 Å². The zero-order valence-electron chi connectivity index (χ0n) is 15.1. The van der Waals surface area contributed by atoms with Crippen molar-refractivity contribution in [2.75, 3.05) is 18.4 Å². The first-order chi connectivity index (χ1) is 12.9. The third kappa shape index (κ3) is 4.03. The minimum Gasteiger partial charge on any atom is -0.467 e. The Kier molecular flexibility index (Phi) is 5.32. The van der Waals surface area contributed by atoms with Gasteiger partial charge in [0.25, 0.3) is 15.9 Å². The Morgan fingerprint density at radius 3 is 2.37 bits per heavy atom. The third-order valence-corrected chi connectivity index (χ3v) is 5.96. The van der Waals surface area contributed by atoms with Crippen molar-refractivity contribution >= 4 is 21.6 Å². The molecule has 3 aromatic rings. The van der Waals surface area contributed by atoms with Crippen molar-refractivity contribution in [3.63, 3.8) is 0 Å². The van der Waals surface area contributed by atoms with E-state index in [1.807, 2.05) is 6.07 Å². The summed E-state index contributed by atoms with van der Waals surface area (Å²) in [6.07, 6.45) is 1.54. The molecule has 7 heteroatoms. The molecule has 0 atom stereocenters. The maximum Gasteiger partial charge on any atom is 0.264 e. The minimum absolute atomic E-state index is 0.0612. The molecule has 0 aliphatic carbocycles. The number of nitrogens with zero attached hydrogens (tertiary/aromatic N) is 2. The smallest absolute Gasteiger partial charge is 0.264 e. The van der Waals surface area contributed by atoms with Crippen molar-refractivity contribution in [3.8, 4) is 0 Å². The number of benzene rings is 2. The number of furan rings is 1. The van der Waals surface area contributed by atoms with Crippen LogP contribution in [0.1, 0.15) is 16.1 Å². The van der Waals surface area contributed by atoms with Gasteiger partial charge >= 0.3 is 0 Å². The fraction of sp³-hybridized carbons (Fsp3) is 0.150. The molecule has 0 unspecified atom stereocenters. The number of hydrogen-bond acceptors (Lipinski definition) is 4. The number of amides is 1. The first kappa shape index (κ1) is 18.7. The van der Waals surface area contributed by atoms with Crippen molar-refractivity contribution in [1.29, 1.82) is 0 Å². The summed E-state index contributed by atoms with van der Waals surface area (Å²) >= 11 is 0. The molecule has 0 aliphatic rings. The van der Waals surface area contributed by atoms with Gasteiger partial charge in [-0.05, 0) is 42.5 Å². The van der Waals surface area contributed by atoms with Crippen LogP contribution in [0.25, 0.3) is 0 Å². The summed E-state index contributed by atoms with van der Waals surface area (Å²) in [7, 11) is -0.650. The second-order valence-corrected chi connectivity index (χ2v) is 8.05. The van der Waals surface area contributed by atoms with Crippen molar-refractivity contribution in [1.82, 2.24) is 4.90 Å². The predicted molar refractivity (Wildman–Crippen MR) is 103 cm³/mol. The Morgan fingerprint density at radius 2 is 1.70 bits per heavy atom. The zero-order valence-corrected chi connectivity index (χ0v) is 15.9. The molecule has 1 amide bonds. The zero-order chi connectivity index (χ0) is 19.4. The summed E-state index contributed by atoms with van der Waals surface area (Å²) in [5, 5.41) is 0. The molecule has 0 fully saturated rings. The fourth-order valence-corrected chi connectivity index (χ4v) is 3.89. The number of sulfonamides is 1. The number of hydrogen-bond donors (Lipinski definition) is 0. The Hall–Kier alpha value is -3.06. The van der Waals surface area contributed by atoms with Crippen LogP contribution in [0.4, 0.5) is 5.69 Å². The van der Waals surface area contributed by atoms with Gasteiger partial charge in [-0.2, -0.15) is 0 Å². The van der Waals surface area contributed by atoms with Crippen LogP contribution in [0.5, 0.6) is 0 Å². The van der Waals surface area contributed by atoms with E-state index in [1.165, 1.54) is 28.4 Å². The van der Waals surface area contributed by atoms with Crippen molar-refractivity contribution in [2.24, 2.45) is 0 Å². The molecule has 0 saturated carbocycles. The monoisotopic (exact) mass is 384 g/mol. The van der Waals surface area contributed by atoms with E-state index in [0.29, 0.717) is 23.6 Å². The molecule has 6 nitrogen and oxygen atoms in total. The van der Waals surface area contributed by atoms with Crippen molar-refractivity contribution in [2.45, 2.75) is 11.4 Å². The standard InChI is InChI=1S/C20H20N2O4S/c1-21(15-18-11-7-13-26-18)20(23)16-8-6-12-19(14-16)27(24,25)22(2)17-9-4-3-5-10-17/h3-14H,15H2,1-2H3. The van der Waals surface area contributed by atoms with Crippen LogP contribution in [-0.4, -0.2) is 33.3 Å². The van der Waals surface area contributed by atoms with Gasteiger partial charge in [-0.3, -0.25) is 9.10 Å². The maximum atomic E-state index is 12.9. The van der Waals surface area contributed by atoms with Crippen LogP contribution in [0.2, 0.25) is 0 Å². The van der Waals surface area contributed by atoms with E-state index in [4.69, 9.17) is 4.42 Å². The number of carbonyl (C=O) groups is 1. The molecule has 0 bridgehead atoms. The van der Waals surface area contributed by atoms with E-state index < -0.39 is 10.0 Å². The highest BCUT2D eigenvalue weighted by atomic mass is 32.2. The molecule has 0 saturated heterocycles. The van der Waals surface area contributed by atoms with Gasteiger partial charge < -0.3 is 9.32 Å². The van der Waals surface area contributed by atoms with Gasteiger partial charge in [-0.1, -0.05) is 24.3 Å². The van der Waals surface area contributed by atoms with Gasteiger partial charge in [0.15, 0.2) is 0 Å². The summed E-state index contributed by atoms with van der Waals surface area (Å²) in [4.78, 5) is 14.2. The maximum absolute atomic E-state index is 12.9. The molecular weight excluding hydrogens is 364 g/mol. The van der Waals surface area contributed by atoms with Gasteiger partial charge in [0.05, 0.1) is 23.4 Å². The van der Waals surface area contributed by atoms with Crippen LogP contribution in [-0.2, 0) is 16.6 Å². The van der Waals surface area contributed by atoms with Gasteiger partial charge in [0.2, 0.25) is 0 Å². The van der Waals surface area contributed by atoms with E-state index in [0.717, 1.165) is 0 Å². The number of carbonyl (C=O) groups excluding carboxylic acids is 1. The first-order valence-electron chi connectivity index (χ1n) is 8.31. The highest BCUT2D eigenvalue weighted by Crippen LogP contribution is 2.22. The average molecular weight is 384 g/mol. The molecule has 0 N–H and O–H groups in total. The summed E-state index contributed by atoms with van der Waals surface area (Å²) in [5.74, 6) is 0.365. The predicted octanol–water partition coefficient (Wildman–Crippen LogP) is 3.38. The van der Waals surface area contributed by atoms with Gasteiger partial charge in [0, 0.05) is 19.7 Å². The number of anilines is 1. The van der Waals surface area contributed by atoms with Gasteiger partial charge in [-0.15, -0.1) is 0 Å². The Morgan fingerprint density at radius 1 is 0.963 bits per heavy atom. The molecule has 2 aromatic carbocycles. The van der Waals surface area contributed by atoms with Crippen LogP contribution in [0.15, 0.2) is 82.3 Å². The second-order valence-electron chi connectivity index (χ2n) is 6.08. The molecule has 1 heterocycles. The first-order valence-corrected chi connectivity index (χ1v) is 9.75. The summed E-state index contributed by atoms with van der Waals surface area (Å²) in [5.41, 5.74) is 0.843. The molecule has 0 aliphatic heterocycles. The molecule has 140 valence electrons. The lowest BCUT2D eigenvalue weighted by atomic mass is 10.2. The normalized spacial score (nSPS) is 11.2. The summed E-state index contributed by atoms with van der Waals surface area (Å²) in [6.45, 7) is 0.298. The summed E-state index contributed by atoms with van der Waals surface area (Å²) < 4.78 is 32.3. The largest absolute Gasteiger partial charge is 0.467 e. The number of para-hydroxylation sites is 1. The van der Waals surface area contributed by atoms with E-state index in [1.54, 1.807) is 61.8 Å². The lowest BCUT2D eigenvalue weighted by Gasteiger charge is -2.20. The Labute approximate surface area is 158 Å². The topological polar surface area (TPSA) is 70.8 Å². The fourth-order valence-electron chi connectivity index (χ4n) is 2.65. The van der Waals surface area contributed by atoms with E-state index in [9.17, 15) is 13.2 Å². The second kappa shape index (κ2) is 7.67. The molecule has 0 radical (unpaired) electrons. The third-order valence-electron chi connectivity index (χ3n) is 4.18. The van der Waals surface area contributed by atoms with E-state index >= 15 is 0 Å². The highest BCUT2D eigenvalue weighted by Gasteiger charge is 2.23. The van der Waals surface area contributed by atoms with Gasteiger partial charge in [-0.25, -0.2) is 8.42 Å². The number of rotatable bonds is 6. The van der Waals surface area contributed by atoms with Crippen molar-refractivity contribution < 1.29 is 17.6 Å². The summed E-state index contributed by atoms with van der Waals surface area (Å²) in [6, 6.07) is 18.4. The molecule has 3 rings (SSSR count). The SMILES string of the molecule is CN(Cc1ccco1)C(=O)c1cccc(S(=O)(=O)N(C)c2ccccc2)c1. The van der Waals surface area contributed by atoms with Crippen LogP contribution >= 0.6 is 0 Å². The molecular formula is C20H20N2O4S. The van der Waals surface area contributed by atoms with Crippen LogP contribution in [0.3, 0.4) is 0 Å². The molecule has 27 heavy (non-hydrogen) atoms. The molecule has 0 spiro atoms. The van der Waals surface area contributed by atoms with E-state index in [2.05, 4.69) is 0 Å². The quantitative estimate of drug-likeness (QED) is 0.653. The lowest BCUT2D eigenvalue weighted by Crippen LogP contribution is -2.28. The van der Waals surface area contributed by atoms with Crippen LogP contribution in [0, 0.1) is 0 Å². The molecule has 1 aromatic heterocycles. The highest BCUT2D eigenvalue weighted by molar-refractivity contribution is 7.92. The average Bonchev–Trinajstić information content (AvgIpc) is 3.20.